The third-order valence-corrected chi connectivity index (χ3v) is 23.6. The van der Waals surface area contributed by atoms with Gasteiger partial charge in [0.05, 0.1) is 0 Å². The Bertz CT molecular complexity index is 5060. The first-order valence-corrected chi connectivity index (χ1v) is 33.5. The summed E-state index contributed by atoms with van der Waals surface area (Å²) in [5.41, 5.74) is 23.4. The van der Waals surface area contributed by atoms with Gasteiger partial charge in [-0.3, -0.25) is 9.13 Å². The van der Waals surface area contributed by atoms with Crippen molar-refractivity contribution in [3.8, 4) is 78.7 Å². The number of imidazole rings is 2. The van der Waals surface area contributed by atoms with Crippen molar-refractivity contribution in [2.75, 3.05) is 9.80 Å². The molecule has 1 spiro atoms. The molecule has 8 nitrogen and oxygen atoms in total. The van der Waals surface area contributed by atoms with Crippen LogP contribution in [0.25, 0.3) is 101 Å². The highest BCUT2D eigenvalue weighted by atomic mass is 28.3. The fourth-order valence-corrected chi connectivity index (χ4v) is 20.1. The zero-order valence-electron chi connectivity index (χ0n) is 50.4. The maximum absolute atomic E-state index is 5.39. The largest absolute Gasteiger partial charge is 0.311 e. The predicted molar refractivity (Wildman–Crippen MR) is 384 cm³/mol. The third-order valence-electron chi connectivity index (χ3n) is 18.6. The molecule has 4 aromatic heterocycles. The van der Waals surface area contributed by atoms with Crippen LogP contribution in [0.15, 0.2) is 340 Å². The lowest BCUT2D eigenvalue weighted by Crippen LogP contribution is -2.70. The average Bonchev–Trinajstić information content (AvgIpc) is 1.51. The highest BCUT2D eigenvalue weighted by molar-refractivity contribution is 7.24. The van der Waals surface area contributed by atoms with E-state index in [1.54, 1.807) is 0 Å². The SMILES string of the molecule is c1ccc(N(c2ccccc2)c2ccc(-c3ccc4c(c3)-c3cc(-c5ccc(N(c6ccccc6)c6ccccc6)cc5)ccc3[Si]43c4ccc(-c5nc6cccnc6n5-c5ccccc5)cc4-c4cc(-c5nc6cccnc6n5-c5ccccc5)ccc43)cc2)cc1. The van der Waals surface area contributed by atoms with Crippen molar-refractivity contribution in [1.82, 2.24) is 29.1 Å². The van der Waals surface area contributed by atoms with E-state index in [0.29, 0.717) is 0 Å². The van der Waals surface area contributed by atoms with Gasteiger partial charge >= 0.3 is 0 Å². The van der Waals surface area contributed by atoms with Gasteiger partial charge in [0.25, 0.3) is 0 Å². The maximum Gasteiger partial charge on any atom is 0.182 e. The number of hydrogen-bond donors (Lipinski definition) is 0. The van der Waals surface area contributed by atoms with Gasteiger partial charge in [-0.25, -0.2) is 19.9 Å². The van der Waals surface area contributed by atoms with Gasteiger partial charge in [0.15, 0.2) is 19.4 Å². The Morgan fingerprint density at radius 2 is 0.527 bits per heavy atom. The molecule has 16 aromatic rings. The van der Waals surface area contributed by atoms with Gasteiger partial charge in [-0.15, -0.1) is 0 Å². The molecule has 12 aromatic carbocycles. The predicted octanol–water partition coefficient (Wildman–Crippen LogP) is 18.1. The highest BCUT2D eigenvalue weighted by Crippen LogP contribution is 2.44. The second-order valence-corrected chi connectivity index (χ2v) is 27.5. The average molecular weight is 1210 g/mol. The van der Waals surface area contributed by atoms with E-state index in [1.165, 1.54) is 43.0 Å². The Kier molecular flexibility index (Phi) is 12.7. The molecule has 0 saturated carbocycles. The van der Waals surface area contributed by atoms with E-state index in [4.69, 9.17) is 19.9 Å². The van der Waals surface area contributed by atoms with Crippen LogP contribution < -0.4 is 30.5 Å². The van der Waals surface area contributed by atoms with Crippen LogP contribution in [0.1, 0.15) is 0 Å². The molecule has 0 saturated heterocycles. The number of rotatable bonds is 12. The van der Waals surface area contributed by atoms with E-state index in [2.05, 4.69) is 334 Å². The number of anilines is 6. The van der Waals surface area contributed by atoms with Crippen LogP contribution in [0.2, 0.25) is 0 Å². The summed E-state index contributed by atoms with van der Waals surface area (Å²) in [5.74, 6) is 1.67. The van der Waals surface area contributed by atoms with Crippen LogP contribution >= 0.6 is 0 Å². The summed E-state index contributed by atoms with van der Waals surface area (Å²) < 4.78 is 4.41. The van der Waals surface area contributed by atoms with Crippen LogP contribution in [-0.2, 0) is 0 Å². The van der Waals surface area contributed by atoms with Gasteiger partial charge in [0.2, 0.25) is 0 Å². The maximum atomic E-state index is 5.39. The zero-order valence-corrected chi connectivity index (χ0v) is 51.4. The quantitative estimate of drug-likeness (QED) is 0.114. The Balaban J connectivity index is 0.848. The zero-order chi connectivity index (χ0) is 61.4. The van der Waals surface area contributed by atoms with Crippen molar-refractivity contribution < 1.29 is 0 Å². The minimum absolute atomic E-state index is 0.810. The van der Waals surface area contributed by atoms with Crippen molar-refractivity contribution in [2.24, 2.45) is 0 Å². The smallest absolute Gasteiger partial charge is 0.182 e. The molecule has 0 N–H and O–H groups in total. The second kappa shape index (κ2) is 22.0. The van der Waals surface area contributed by atoms with Crippen LogP contribution in [0, 0.1) is 0 Å². The Morgan fingerprint density at radius 3 is 0.860 bits per heavy atom. The lowest BCUT2D eigenvalue weighted by Gasteiger charge is -2.28. The number of nitrogens with zero attached hydrogens (tertiary/aromatic N) is 8. The van der Waals surface area contributed by atoms with Crippen molar-refractivity contribution in [3.63, 3.8) is 0 Å². The summed E-state index contributed by atoms with van der Waals surface area (Å²) >= 11 is 0. The molecule has 9 heteroatoms. The molecule has 0 unspecified atom stereocenters. The molecule has 436 valence electrons. The minimum Gasteiger partial charge on any atom is -0.311 e. The van der Waals surface area contributed by atoms with E-state index in [0.717, 1.165) is 113 Å². The van der Waals surface area contributed by atoms with E-state index >= 15 is 0 Å². The fourth-order valence-electron chi connectivity index (χ4n) is 14.5. The van der Waals surface area contributed by atoms with E-state index in [9.17, 15) is 0 Å². The summed E-state index contributed by atoms with van der Waals surface area (Å²) in [6, 6.07) is 119. The van der Waals surface area contributed by atoms with Crippen molar-refractivity contribution in [3.05, 3.63) is 340 Å². The standard InChI is InChI=1S/C84H56N8Si/c1-7-21-63(22-8-1)89(64-23-9-2-10-24-64)69-43-35-57(36-44-69)59-39-47-77-71(53-59)72-54-60(58-37-45-70(46-38-58)90(65-25-11-3-12-26-65)66-27-13-4-14-28-66)40-48-78(72)93(77)79-49-41-61(81-87-75-33-19-51-85-83(75)91(81)67-29-15-5-16-30-67)55-73(79)74-56-62(42-50-80(74)93)82-88-76-34-20-52-86-84(76)92(82)68-31-17-6-18-32-68/h1-56H. The molecule has 0 radical (unpaired) electrons. The highest BCUT2D eigenvalue weighted by Gasteiger charge is 2.54. The summed E-state index contributed by atoms with van der Waals surface area (Å²) in [6.07, 6.45) is 3.71. The first-order valence-electron chi connectivity index (χ1n) is 31.5. The Labute approximate surface area is 539 Å². The third kappa shape index (κ3) is 8.81. The molecule has 2 aliphatic heterocycles. The Morgan fingerprint density at radius 1 is 0.247 bits per heavy atom. The van der Waals surface area contributed by atoms with Gasteiger partial charge < -0.3 is 9.80 Å². The first-order chi connectivity index (χ1) is 46.1. The first kappa shape index (κ1) is 53.7. The Hall–Kier alpha value is -12.3. The van der Waals surface area contributed by atoms with Crippen LogP contribution in [-0.4, -0.2) is 37.1 Å². The van der Waals surface area contributed by atoms with Crippen molar-refractivity contribution in [1.29, 1.82) is 0 Å². The van der Waals surface area contributed by atoms with Crippen molar-refractivity contribution >= 4 is 85.3 Å². The number of fused-ring (bicyclic) bond motifs is 12. The van der Waals surface area contributed by atoms with E-state index in [-0.39, 0.29) is 0 Å². The fraction of sp³-hybridized carbons (Fsp3) is 0. The molecule has 0 aliphatic carbocycles. The van der Waals surface area contributed by atoms with E-state index in [1.807, 2.05) is 24.5 Å². The minimum atomic E-state index is -3.16. The van der Waals surface area contributed by atoms with Crippen LogP contribution in [0.4, 0.5) is 34.1 Å². The molecule has 0 fully saturated rings. The number of hydrogen-bond acceptors (Lipinski definition) is 6. The molecular weight excluding hydrogens is 1150 g/mol. The number of aromatic nitrogens is 6. The van der Waals surface area contributed by atoms with Gasteiger partial charge in [0, 0.05) is 69.0 Å². The molecule has 0 atom stereocenters. The second-order valence-electron chi connectivity index (χ2n) is 23.8. The van der Waals surface area contributed by atoms with Crippen molar-refractivity contribution in [2.45, 2.75) is 0 Å². The lowest BCUT2D eigenvalue weighted by atomic mass is 9.96. The summed E-state index contributed by atoms with van der Waals surface area (Å²) in [5, 5.41) is 5.42. The normalized spacial score (nSPS) is 12.4. The lowest BCUT2D eigenvalue weighted by molar-refractivity contribution is 1.08. The molecule has 0 bridgehead atoms. The molecule has 6 heterocycles. The molecule has 93 heavy (non-hydrogen) atoms. The monoisotopic (exact) mass is 1200 g/mol. The summed E-state index contributed by atoms with van der Waals surface area (Å²) in [4.78, 5) is 25.3. The van der Waals surface area contributed by atoms with Crippen LogP contribution in [0.3, 0.4) is 0 Å². The number of pyridine rings is 2. The molecule has 18 rings (SSSR count). The van der Waals surface area contributed by atoms with Crippen LogP contribution in [0.5, 0.6) is 0 Å². The molecule has 0 amide bonds. The van der Waals surface area contributed by atoms with Gasteiger partial charge in [-0.2, -0.15) is 0 Å². The van der Waals surface area contributed by atoms with Gasteiger partial charge in [-0.05, 0) is 211 Å². The molecular formula is C84H56N8Si. The topological polar surface area (TPSA) is 67.9 Å². The van der Waals surface area contributed by atoms with Gasteiger partial charge in [0.1, 0.15) is 22.7 Å². The summed E-state index contributed by atoms with van der Waals surface area (Å²) in [7, 11) is -3.16. The summed E-state index contributed by atoms with van der Waals surface area (Å²) in [6.45, 7) is 0. The number of para-hydroxylation sites is 6. The van der Waals surface area contributed by atoms with Gasteiger partial charge in [-0.1, -0.05) is 182 Å². The number of benzene rings is 12. The molecule has 2 aliphatic rings. The van der Waals surface area contributed by atoms with E-state index < -0.39 is 8.07 Å².